The van der Waals surface area contributed by atoms with Gasteiger partial charge in [-0.15, -0.1) is 0 Å². The second kappa shape index (κ2) is 8.12. The van der Waals surface area contributed by atoms with Gasteiger partial charge >= 0.3 is 0 Å². The standard InChI is InChI=1S/C18H32BrNO2SSi/c1-17(2,3)24(6,7)22-13-15(12-18(4,5)23(20)21)14-8-10-16(19)11-9-14/h8-11,15H,12-13,20H2,1-7H3/t15-,23?/m0/s1. The highest BCUT2D eigenvalue weighted by Gasteiger charge is 2.38. The molecule has 2 N–H and O–H groups in total. The molecule has 138 valence electrons. The summed E-state index contributed by atoms with van der Waals surface area (Å²) < 4.78 is 19.0. The van der Waals surface area contributed by atoms with Crippen LogP contribution in [0.5, 0.6) is 0 Å². The lowest BCUT2D eigenvalue weighted by Gasteiger charge is -2.38. The van der Waals surface area contributed by atoms with Crippen LogP contribution in [0.1, 0.15) is 52.5 Å². The zero-order valence-electron chi connectivity index (χ0n) is 16.0. The van der Waals surface area contributed by atoms with Crippen LogP contribution in [0.2, 0.25) is 18.1 Å². The molecule has 1 unspecified atom stereocenters. The Morgan fingerprint density at radius 2 is 1.67 bits per heavy atom. The molecule has 24 heavy (non-hydrogen) atoms. The van der Waals surface area contributed by atoms with Crippen molar-refractivity contribution >= 4 is 35.2 Å². The van der Waals surface area contributed by atoms with Gasteiger partial charge in [-0.05, 0) is 56.1 Å². The van der Waals surface area contributed by atoms with Gasteiger partial charge in [0, 0.05) is 17.0 Å². The number of benzene rings is 1. The molecular formula is C18H32BrNO2SSi. The fourth-order valence-electron chi connectivity index (χ4n) is 2.21. The minimum Gasteiger partial charge on any atom is -0.416 e. The molecule has 3 nitrogen and oxygen atoms in total. The van der Waals surface area contributed by atoms with Gasteiger partial charge < -0.3 is 4.43 Å². The van der Waals surface area contributed by atoms with Gasteiger partial charge in [0.05, 0.1) is 15.7 Å². The number of nitrogens with two attached hydrogens (primary N) is 1. The number of rotatable bonds is 7. The third kappa shape index (κ3) is 6.06. The summed E-state index contributed by atoms with van der Waals surface area (Å²) in [4.78, 5) is 0. The molecule has 1 aromatic rings. The van der Waals surface area contributed by atoms with E-state index in [-0.39, 0.29) is 11.0 Å². The van der Waals surface area contributed by atoms with Gasteiger partial charge in [0.15, 0.2) is 8.32 Å². The highest BCUT2D eigenvalue weighted by Crippen LogP contribution is 2.38. The first-order valence-corrected chi connectivity index (χ1v) is 13.2. The molecule has 0 heterocycles. The minimum atomic E-state index is -1.83. The van der Waals surface area contributed by atoms with Gasteiger partial charge in [0.1, 0.15) is 0 Å². The maximum absolute atomic E-state index is 11.9. The molecule has 2 atom stereocenters. The van der Waals surface area contributed by atoms with E-state index >= 15 is 0 Å². The van der Waals surface area contributed by atoms with Gasteiger partial charge in [-0.1, -0.05) is 48.8 Å². The van der Waals surface area contributed by atoms with E-state index in [2.05, 4.69) is 61.9 Å². The molecule has 0 saturated heterocycles. The molecule has 0 spiro atoms. The molecule has 0 aromatic heterocycles. The lowest BCUT2D eigenvalue weighted by Crippen LogP contribution is -2.42. The van der Waals surface area contributed by atoms with Gasteiger partial charge in [-0.2, -0.15) is 0 Å². The van der Waals surface area contributed by atoms with Crippen molar-refractivity contribution in [1.29, 1.82) is 0 Å². The highest BCUT2D eigenvalue weighted by molar-refractivity contribution is 9.10. The van der Waals surface area contributed by atoms with Gasteiger partial charge in [-0.3, -0.25) is 5.14 Å². The quantitative estimate of drug-likeness (QED) is 0.589. The Kier molecular flexibility index (Phi) is 7.46. The van der Waals surface area contributed by atoms with Crippen molar-refractivity contribution in [3.05, 3.63) is 34.3 Å². The Bertz CT molecular complexity index is 567. The maximum Gasteiger partial charge on any atom is 0.192 e. The van der Waals surface area contributed by atoms with Gasteiger partial charge in [0.2, 0.25) is 0 Å². The molecule has 1 aromatic carbocycles. The summed E-state index contributed by atoms with van der Waals surface area (Å²) in [6.45, 7) is 15.8. The smallest absolute Gasteiger partial charge is 0.192 e. The Morgan fingerprint density at radius 3 is 2.08 bits per heavy atom. The first kappa shape index (κ1) is 22.0. The van der Waals surface area contributed by atoms with Gasteiger partial charge in [0.25, 0.3) is 0 Å². The molecule has 0 amide bonds. The highest BCUT2D eigenvalue weighted by atomic mass is 79.9. The summed E-state index contributed by atoms with van der Waals surface area (Å²) in [5, 5.41) is 5.87. The molecule has 0 aliphatic carbocycles. The molecule has 0 aliphatic heterocycles. The molecule has 1 rings (SSSR count). The van der Waals surface area contributed by atoms with Crippen LogP contribution in [-0.4, -0.2) is 23.9 Å². The predicted octanol–water partition coefficient (Wildman–Crippen LogP) is 5.35. The molecule has 0 radical (unpaired) electrons. The summed E-state index contributed by atoms with van der Waals surface area (Å²) in [5.74, 6) is 0.176. The van der Waals surface area contributed by atoms with Crippen LogP contribution >= 0.6 is 15.9 Å². The third-order valence-electron chi connectivity index (χ3n) is 5.08. The van der Waals surface area contributed by atoms with E-state index in [0.29, 0.717) is 6.61 Å². The fraction of sp³-hybridized carbons (Fsp3) is 0.667. The topological polar surface area (TPSA) is 52.3 Å². The van der Waals surface area contributed by atoms with Crippen LogP contribution in [0.25, 0.3) is 0 Å². The lowest BCUT2D eigenvalue weighted by atomic mass is 9.90. The summed E-state index contributed by atoms with van der Waals surface area (Å²) in [6.07, 6.45) is 0.729. The average Bonchev–Trinajstić information content (AvgIpc) is 2.43. The van der Waals surface area contributed by atoms with E-state index in [4.69, 9.17) is 9.56 Å². The molecule has 0 bridgehead atoms. The molecule has 6 heteroatoms. The Labute approximate surface area is 159 Å². The van der Waals surface area contributed by atoms with Crippen molar-refractivity contribution < 1.29 is 8.63 Å². The maximum atomic E-state index is 11.9. The first-order chi connectivity index (χ1) is 10.8. The van der Waals surface area contributed by atoms with E-state index in [0.717, 1.165) is 10.9 Å². The monoisotopic (exact) mass is 433 g/mol. The Hall–Kier alpha value is -0.0131. The average molecular weight is 435 g/mol. The molecule has 0 fully saturated rings. The summed E-state index contributed by atoms with van der Waals surface area (Å²) in [7, 11) is -3.20. The van der Waals surface area contributed by atoms with Crippen LogP contribution in [0, 0.1) is 0 Å². The third-order valence-corrected chi connectivity index (χ3v) is 11.4. The van der Waals surface area contributed by atoms with E-state index in [1.54, 1.807) is 0 Å². The van der Waals surface area contributed by atoms with E-state index in [1.807, 2.05) is 26.0 Å². The van der Waals surface area contributed by atoms with Crippen LogP contribution in [0.3, 0.4) is 0 Å². The van der Waals surface area contributed by atoms with E-state index in [9.17, 15) is 4.21 Å². The number of hydrogen-bond donors (Lipinski definition) is 1. The predicted molar refractivity (Wildman–Crippen MR) is 111 cm³/mol. The summed E-state index contributed by atoms with van der Waals surface area (Å²) in [6, 6.07) is 8.31. The first-order valence-electron chi connectivity index (χ1n) is 8.32. The Morgan fingerprint density at radius 1 is 1.17 bits per heavy atom. The second-order valence-corrected chi connectivity index (χ2v) is 16.0. The van der Waals surface area contributed by atoms with E-state index in [1.165, 1.54) is 5.56 Å². The number of halogens is 1. The van der Waals surface area contributed by atoms with Crippen LogP contribution in [-0.2, 0) is 15.4 Å². The SMILES string of the molecule is CC(C)(C[C@@H](CO[Si](C)(C)C(C)(C)C)c1ccc(Br)cc1)S(N)=O. The zero-order valence-corrected chi connectivity index (χ0v) is 19.4. The second-order valence-electron chi connectivity index (χ2n) is 8.58. The van der Waals surface area contributed by atoms with Crippen molar-refractivity contribution in [1.82, 2.24) is 0 Å². The van der Waals surface area contributed by atoms with Crippen molar-refractivity contribution in [2.24, 2.45) is 5.14 Å². The van der Waals surface area contributed by atoms with Crippen LogP contribution in [0.15, 0.2) is 28.7 Å². The molecule has 0 aliphatic rings. The van der Waals surface area contributed by atoms with Crippen molar-refractivity contribution in [3.8, 4) is 0 Å². The van der Waals surface area contributed by atoms with E-state index < -0.39 is 24.1 Å². The van der Waals surface area contributed by atoms with Crippen LogP contribution in [0.4, 0.5) is 0 Å². The molecule has 0 saturated carbocycles. The van der Waals surface area contributed by atoms with Gasteiger partial charge in [-0.25, -0.2) is 4.21 Å². The van der Waals surface area contributed by atoms with Crippen LogP contribution < -0.4 is 5.14 Å². The summed E-state index contributed by atoms with van der Waals surface area (Å²) >= 11 is 3.48. The lowest BCUT2D eigenvalue weighted by molar-refractivity contribution is 0.250. The summed E-state index contributed by atoms with van der Waals surface area (Å²) in [5.41, 5.74) is 1.20. The van der Waals surface area contributed by atoms with Crippen molar-refractivity contribution in [2.45, 2.75) is 69.8 Å². The minimum absolute atomic E-state index is 0.170. The largest absolute Gasteiger partial charge is 0.416 e. The Balaban J connectivity index is 3.02. The normalized spacial score (nSPS) is 16.0. The fourth-order valence-corrected chi connectivity index (χ4v) is 3.89. The van der Waals surface area contributed by atoms with Crippen molar-refractivity contribution in [2.75, 3.05) is 6.61 Å². The molecular weight excluding hydrogens is 402 g/mol. The zero-order chi connectivity index (χ0) is 18.8. The number of hydrogen-bond acceptors (Lipinski definition) is 2. The van der Waals surface area contributed by atoms with Crippen molar-refractivity contribution in [3.63, 3.8) is 0 Å².